The molecule has 0 amide bonds. The van der Waals surface area contributed by atoms with E-state index in [0.717, 1.165) is 0 Å². The molecule has 0 aliphatic carbocycles. The molecule has 1 aromatic rings. The van der Waals surface area contributed by atoms with Crippen molar-refractivity contribution in [2.24, 2.45) is 0 Å². The van der Waals surface area contributed by atoms with Gasteiger partial charge in [-0.15, -0.1) is 0 Å². The van der Waals surface area contributed by atoms with E-state index in [1.807, 2.05) is 30.3 Å². The molecule has 1 radical (unpaired) electrons. The molecule has 0 bridgehead atoms. The fourth-order valence-corrected chi connectivity index (χ4v) is 2.83. The van der Waals surface area contributed by atoms with Crippen LogP contribution in [0.3, 0.4) is 0 Å². The summed E-state index contributed by atoms with van der Waals surface area (Å²) in [4.78, 5) is 0. The first-order chi connectivity index (χ1) is 12.1. The molecule has 0 aromatic heterocycles. The van der Waals surface area contributed by atoms with Gasteiger partial charge in [0.2, 0.25) is 0 Å². The van der Waals surface area contributed by atoms with Crippen LogP contribution >= 0.6 is 0 Å². The Bertz CT molecular complexity index is 328. The van der Waals surface area contributed by atoms with Crippen molar-refractivity contribution in [1.29, 1.82) is 0 Å². The Kier molecular flexibility index (Phi) is 29.9. The van der Waals surface area contributed by atoms with E-state index in [0.29, 0.717) is 0 Å². The Morgan fingerprint density at radius 1 is 0.571 bits per heavy atom. The molecule has 0 fully saturated rings. The summed E-state index contributed by atoms with van der Waals surface area (Å²) in [6.07, 6.45) is 0. The van der Waals surface area contributed by atoms with Gasteiger partial charge in [0.15, 0.2) is 0 Å². The van der Waals surface area contributed by atoms with Crippen molar-refractivity contribution in [3.05, 3.63) is 46.3 Å². The zero-order valence-corrected chi connectivity index (χ0v) is 21.8. The molecular weight excluding hydrogens is 632 g/mol. The summed E-state index contributed by atoms with van der Waals surface area (Å²) >= 11 is -7.10. The Morgan fingerprint density at radius 3 is 0.786 bits per heavy atom. The Morgan fingerprint density at radius 2 is 0.750 bits per heavy atom. The van der Waals surface area contributed by atoms with Crippen molar-refractivity contribution in [2.45, 2.75) is 15.0 Å². The molecule has 0 aliphatic heterocycles. The number of halogens is 9. The smallest absolute Gasteiger partial charge is 0.214 e. The van der Waals surface area contributed by atoms with Crippen molar-refractivity contribution >= 4 is 14.3 Å². The largest absolute Gasteiger partial charge is 4.00 e. The molecular formula is C14H23F9GeHfN3. The molecule has 0 atom stereocenters. The first kappa shape index (κ1) is 38.6. The molecule has 0 unspecified atom stereocenters. The van der Waals surface area contributed by atoms with E-state index in [1.165, 1.54) is 0 Å². The second-order valence-corrected chi connectivity index (χ2v) is 9.31. The van der Waals surface area contributed by atoms with Gasteiger partial charge in [-0.3, -0.25) is 0 Å². The summed E-state index contributed by atoms with van der Waals surface area (Å²) in [5, 5.41) is -8.09. The molecule has 0 N–H and O–H groups in total. The van der Waals surface area contributed by atoms with Crippen LogP contribution in [0.5, 0.6) is 0 Å². The van der Waals surface area contributed by atoms with Gasteiger partial charge in [0.25, 0.3) is 0 Å². The van der Waals surface area contributed by atoms with Gasteiger partial charge in [-0.1, -0.05) is 0 Å². The maximum absolute atomic E-state index is 11.3. The van der Waals surface area contributed by atoms with Crippen LogP contribution in [0.15, 0.2) is 30.3 Å². The number of hydrogen-bond donors (Lipinski definition) is 0. The van der Waals surface area contributed by atoms with E-state index >= 15 is 0 Å². The SMILES string of the molecule is C[N-]C.C[N-]C.C[N-]C.F[C](F)(F)[Ge]([C](F)(F)F)[C](F)(F)F.[Hf+4].c1cc[cH-]c1. The third-order valence-electron chi connectivity index (χ3n) is 1.41. The van der Waals surface area contributed by atoms with Gasteiger partial charge in [0, 0.05) is 0 Å². The van der Waals surface area contributed by atoms with E-state index in [4.69, 9.17) is 0 Å². The average molecular weight is 655 g/mol. The van der Waals surface area contributed by atoms with Crippen molar-refractivity contribution < 1.29 is 65.4 Å². The van der Waals surface area contributed by atoms with Crippen molar-refractivity contribution in [1.82, 2.24) is 0 Å². The molecule has 0 aliphatic rings. The predicted molar refractivity (Wildman–Crippen MR) is 91.6 cm³/mol. The maximum atomic E-state index is 11.3. The molecule has 28 heavy (non-hydrogen) atoms. The summed E-state index contributed by atoms with van der Waals surface area (Å²) in [7, 11) is 10.5. The van der Waals surface area contributed by atoms with Crippen molar-refractivity contribution in [3.63, 3.8) is 0 Å². The van der Waals surface area contributed by atoms with Crippen LogP contribution in [0.25, 0.3) is 16.0 Å². The van der Waals surface area contributed by atoms with Crippen LogP contribution in [0.4, 0.5) is 39.5 Å². The van der Waals surface area contributed by atoms with Gasteiger partial charge in [0.1, 0.15) is 0 Å². The molecule has 0 spiro atoms. The molecule has 1 aromatic carbocycles. The van der Waals surface area contributed by atoms with Gasteiger partial charge < -0.3 is 16.0 Å². The minimum Gasteiger partial charge on any atom is -0.214 e. The zero-order valence-electron chi connectivity index (χ0n) is 16.1. The molecule has 3 nitrogen and oxygen atoms in total. The van der Waals surface area contributed by atoms with Crippen LogP contribution in [-0.2, 0) is 25.8 Å². The Hall–Kier alpha value is 0.0130. The number of alkyl halides is 9. The Labute approximate surface area is 183 Å². The fourth-order valence-electron chi connectivity index (χ4n) is 0.803. The number of nitrogens with zero attached hydrogens (tertiary/aromatic N) is 3. The van der Waals surface area contributed by atoms with Crippen LogP contribution in [-0.4, -0.2) is 71.7 Å². The predicted octanol–water partition coefficient (Wildman–Crippen LogP) is 6.05. The van der Waals surface area contributed by atoms with E-state index in [1.54, 1.807) is 42.3 Å². The van der Waals surface area contributed by atoms with E-state index in [9.17, 15) is 39.5 Å². The van der Waals surface area contributed by atoms with Crippen LogP contribution in [0, 0.1) is 0 Å². The quantitative estimate of drug-likeness (QED) is 0.186. The summed E-state index contributed by atoms with van der Waals surface area (Å²) in [6, 6.07) is 10.0. The molecule has 165 valence electrons. The van der Waals surface area contributed by atoms with Crippen LogP contribution < -0.4 is 0 Å². The van der Waals surface area contributed by atoms with Crippen LogP contribution in [0.1, 0.15) is 0 Å². The van der Waals surface area contributed by atoms with E-state index < -0.39 is 29.4 Å². The zero-order chi connectivity index (χ0) is 22.7. The average Bonchev–Trinajstić information content (AvgIpc) is 2.94. The van der Waals surface area contributed by atoms with E-state index in [-0.39, 0.29) is 25.8 Å². The third kappa shape index (κ3) is 30.7. The third-order valence-corrected chi connectivity index (χ3v) is 4.97. The second-order valence-electron chi connectivity index (χ2n) is 4.17. The molecule has 1 rings (SSSR count). The summed E-state index contributed by atoms with van der Waals surface area (Å²) in [6.45, 7) is 0. The minimum absolute atomic E-state index is 0. The van der Waals surface area contributed by atoms with E-state index in [2.05, 4.69) is 16.0 Å². The van der Waals surface area contributed by atoms with Gasteiger partial charge in [-0.25, -0.2) is 12.1 Å². The van der Waals surface area contributed by atoms with Gasteiger partial charge in [-0.2, -0.15) is 60.5 Å². The van der Waals surface area contributed by atoms with Gasteiger partial charge in [-0.05, 0) is 0 Å². The summed E-state index contributed by atoms with van der Waals surface area (Å²) in [5.74, 6) is 0. The monoisotopic (exact) mass is 658 g/mol. The summed E-state index contributed by atoms with van der Waals surface area (Å²) < 4.78 is 102. The molecule has 0 heterocycles. The van der Waals surface area contributed by atoms with Gasteiger partial charge >= 0.3 is 94.7 Å². The number of rotatable bonds is 0. The van der Waals surface area contributed by atoms with Crippen molar-refractivity contribution in [3.8, 4) is 0 Å². The minimum atomic E-state index is -7.10. The Balaban J connectivity index is -0.0000000964. The normalized spacial score (nSPS) is 10.4. The number of hydrogen-bond acceptors (Lipinski definition) is 0. The maximum Gasteiger partial charge on any atom is 4.00 e. The first-order valence-electron chi connectivity index (χ1n) is 6.80. The molecule has 14 heteroatoms. The molecule has 0 saturated heterocycles. The van der Waals surface area contributed by atoms with Crippen molar-refractivity contribution in [2.75, 3.05) is 42.3 Å². The summed E-state index contributed by atoms with van der Waals surface area (Å²) in [5.41, 5.74) is 0. The van der Waals surface area contributed by atoms with Crippen LogP contribution in [0.2, 0.25) is 0 Å². The standard InChI is InChI=1S/C5H5.C3F9Ge.3C2H6N.Hf/c1-2-4-5-3-1;4-1(5,6)13(2(7,8)9)3(10,11)12;3*1-3-2;/h1-5H;;3*1-2H3;/q-1;;3*-1;+4. The first-order valence-corrected chi connectivity index (χ1v) is 9.95. The fraction of sp³-hybridized carbons (Fsp3) is 0.643. The van der Waals surface area contributed by atoms with Gasteiger partial charge in [0.05, 0.1) is 0 Å². The molecule has 0 saturated carbocycles. The topological polar surface area (TPSA) is 42.3 Å². The second kappa shape index (κ2) is 21.7.